The zero-order valence-electron chi connectivity index (χ0n) is 14.3. The Labute approximate surface area is 152 Å². The van der Waals surface area contributed by atoms with Crippen LogP contribution in [0.3, 0.4) is 0 Å². The van der Waals surface area contributed by atoms with Crippen molar-refractivity contribution < 1.29 is 23.1 Å². The third-order valence-electron chi connectivity index (χ3n) is 4.42. The Kier molecular flexibility index (Phi) is 4.63. The van der Waals surface area contributed by atoms with Crippen molar-refractivity contribution in [2.24, 2.45) is 0 Å². The van der Waals surface area contributed by atoms with Gasteiger partial charge in [0.2, 0.25) is 11.6 Å². The van der Waals surface area contributed by atoms with Crippen LogP contribution in [0.2, 0.25) is 0 Å². The van der Waals surface area contributed by atoms with E-state index in [1.165, 1.54) is 11.6 Å². The van der Waals surface area contributed by atoms with E-state index in [0.29, 0.717) is 6.07 Å². The summed E-state index contributed by atoms with van der Waals surface area (Å²) in [7, 11) is 0. The van der Waals surface area contributed by atoms with Crippen molar-refractivity contribution in [3.8, 4) is 16.2 Å². The predicted octanol–water partition coefficient (Wildman–Crippen LogP) is 5.69. The van der Waals surface area contributed by atoms with Crippen LogP contribution in [0.1, 0.15) is 31.9 Å². The van der Waals surface area contributed by atoms with Gasteiger partial charge < -0.3 is 5.11 Å². The van der Waals surface area contributed by atoms with E-state index in [-0.39, 0.29) is 4.88 Å². The molecule has 0 fully saturated rings. The number of ketones is 1. The molecule has 3 aromatic rings. The molecule has 0 unspecified atom stereocenters. The van der Waals surface area contributed by atoms with Crippen molar-refractivity contribution in [1.29, 1.82) is 0 Å². The lowest BCUT2D eigenvalue weighted by Crippen LogP contribution is -2.05. The largest absolute Gasteiger partial charge is 0.503 e. The van der Waals surface area contributed by atoms with Gasteiger partial charge in [0.15, 0.2) is 17.4 Å². The number of halogens is 3. The van der Waals surface area contributed by atoms with Crippen LogP contribution in [-0.4, -0.2) is 10.9 Å². The number of carbonyl (C=O) groups is 1. The molecular weight excluding hydrogens is 361 g/mol. The second-order valence-corrected chi connectivity index (χ2v) is 7.19. The topological polar surface area (TPSA) is 37.3 Å². The maximum atomic E-state index is 14.0. The van der Waals surface area contributed by atoms with Crippen LogP contribution < -0.4 is 0 Å². The molecule has 2 nitrogen and oxygen atoms in total. The van der Waals surface area contributed by atoms with Crippen LogP contribution in [0.4, 0.5) is 13.2 Å². The quantitative estimate of drug-likeness (QED) is 0.471. The van der Waals surface area contributed by atoms with Gasteiger partial charge in [-0.3, -0.25) is 4.79 Å². The average Bonchev–Trinajstić information content (AvgIpc) is 3.10. The van der Waals surface area contributed by atoms with Crippen LogP contribution >= 0.6 is 11.3 Å². The Morgan fingerprint density at radius 3 is 2.19 bits per heavy atom. The van der Waals surface area contributed by atoms with E-state index in [1.807, 2.05) is 32.9 Å². The number of phenolic OH excluding ortho intramolecular Hbond substituents is 1. The molecule has 134 valence electrons. The maximum absolute atomic E-state index is 14.0. The highest BCUT2D eigenvalue weighted by atomic mass is 32.1. The highest BCUT2D eigenvalue weighted by Crippen LogP contribution is 2.33. The molecule has 0 aliphatic heterocycles. The first-order valence-corrected chi connectivity index (χ1v) is 8.61. The summed E-state index contributed by atoms with van der Waals surface area (Å²) in [6, 6.07) is 7.68. The van der Waals surface area contributed by atoms with Gasteiger partial charge in [0.05, 0.1) is 10.4 Å². The van der Waals surface area contributed by atoms with Gasteiger partial charge in [0.1, 0.15) is 0 Å². The molecule has 1 aromatic heterocycles. The van der Waals surface area contributed by atoms with Crippen molar-refractivity contribution in [2.75, 3.05) is 0 Å². The molecule has 0 radical (unpaired) electrons. The maximum Gasteiger partial charge on any atom is 0.206 e. The van der Waals surface area contributed by atoms with Gasteiger partial charge in [-0.25, -0.2) is 8.78 Å². The van der Waals surface area contributed by atoms with Gasteiger partial charge in [-0.2, -0.15) is 4.39 Å². The summed E-state index contributed by atoms with van der Waals surface area (Å²) in [4.78, 5) is 13.5. The summed E-state index contributed by atoms with van der Waals surface area (Å²) in [5, 5.41) is 9.30. The van der Waals surface area contributed by atoms with E-state index in [2.05, 4.69) is 0 Å². The van der Waals surface area contributed by atoms with Crippen molar-refractivity contribution in [3.05, 3.63) is 74.9 Å². The molecule has 0 amide bonds. The summed E-state index contributed by atoms with van der Waals surface area (Å²) < 4.78 is 40.6. The van der Waals surface area contributed by atoms with Gasteiger partial charge in [-0.05, 0) is 61.2 Å². The smallest absolute Gasteiger partial charge is 0.206 e. The minimum Gasteiger partial charge on any atom is -0.503 e. The van der Waals surface area contributed by atoms with Crippen LogP contribution in [0, 0.1) is 38.2 Å². The van der Waals surface area contributed by atoms with E-state index >= 15 is 0 Å². The molecule has 0 atom stereocenters. The number of hydrogen-bond acceptors (Lipinski definition) is 3. The number of thiophene rings is 1. The Morgan fingerprint density at radius 2 is 1.58 bits per heavy atom. The highest BCUT2D eigenvalue weighted by molar-refractivity contribution is 7.17. The van der Waals surface area contributed by atoms with Crippen LogP contribution in [0.25, 0.3) is 10.4 Å². The summed E-state index contributed by atoms with van der Waals surface area (Å²) in [6.45, 7) is 6.01. The van der Waals surface area contributed by atoms with Crippen molar-refractivity contribution in [3.63, 3.8) is 0 Å². The lowest BCUT2D eigenvalue weighted by molar-refractivity contribution is 0.103. The summed E-state index contributed by atoms with van der Waals surface area (Å²) in [5.41, 5.74) is 3.62. The molecule has 0 aliphatic rings. The number of phenols is 1. The molecule has 3 rings (SSSR count). The molecule has 1 heterocycles. The highest BCUT2D eigenvalue weighted by Gasteiger charge is 2.24. The summed E-state index contributed by atoms with van der Waals surface area (Å²) >= 11 is 1.12. The van der Waals surface area contributed by atoms with Crippen LogP contribution in [0.5, 0.6) is 5.75 Å². The van der Waals surface area contributed by atoms with Gasteiger partial charge in [0, 0.05) is 4.88 Å². The molecular formula is C20H15F3O2S. The SMILES string of the molecule is Cc1cc(-c2ccc(C(=O)c3cc(F)c(F)c(O)c3F)s2)cc(C)c1C. The van der Waals surface area contributed by atoms with E-state index < -0.39 is 34.5 Å². The first kappa shape index (κ1) is 18.2. The molecule has 0 aliphatic carbocycles. The number of aromatic hydroxyl groups is 1. The molecule has 0 spiro atoms. The number of carbonyl (C=O) groups excluding carboxylic acids is 1. The number of hydrogen-bond donors (Lipinski definition) is 1. The van der Waals surface area contributed by atoms with Gasteiger partial charge in [0.25, 0.3) is 0 Å². The van der Waals surface area contributed by atoms with Crippen molar-refractivity contribution >= 4 is 17.1 Å². The van der Waals surface area contributed by atoms with Gasteiger partial charge in [-0.15, -0.1) is 11.3 Å². The Morgan fingerprint density at radius 1 is 0.962 bits per heavy atom. The van der Waals surface area contributed by atoms with Crippen molar-refractivity contribution in [2.45, 2.75) is 20.8 Å². The number of benzene rings is 2. The Hall–Kier alpha value is -2.60. The van der Waals surface area contributed by atoms with Crippen LogP contribution in [0.15, 0.2) is 30.3 Å². The standard InChI is InChI=1S/C20H15F3O2S/c1-9-6-12(7-10(2)11(9)3)15-4-5-16(26-15)19(24)13-8-14(21)18(23)20(25)17(13)22/h4-8,25H,1-3H3. The minimum atomic E-state index is -1.71. The second kappa shape index (κ2) is 6.61. The van der Waals surface area contributed by atoms with Gasteiger partial charge in [-0.1, -0.05) is 12.1 Å². The van der Waals surface area contributed by atoms with Crippen LogP contribution in [-0.2, 0) is 0 Å². The molecule has 0 bridgehead atoms. The molecule has 0 saturated carbocycles. The number of aryl methyl sites for hydroxylation is 2. The average molecular weight is 376 g/mol. The van der Waals surface area contributed by atoms with Crippen molar-refractivity contribution in [1.82, 2.24) is 0 Å². The summed E-state index contributed by atoms with van der Waals surface area (Å²) in [6.07, 6.45) is 0. The lowest BCUT2D eigenvalue weighted by Gasteiger charge is -2.07. The minimum absolute atomic E-state index is 0.167. The summed E-state index contributed by atoms with van der Waals surface area (Å²) in [5.74, 6) is -6.96. The third-order valence-corrected chi connectivity index (χ3v) is 5.55. The molecule has 1 N–H and O–H groups in total. The molecule has 26 heavy (non-hydrogen) atoms. The first-order valence-electron chi connectivity index (χ1n) is 7.80. The fourth-order valence-corrected chi connectivity index (χ4v) is 3.63. The fourth-order valence-electron chi connectivity index (χ4n) is 2.68. The van der Waals surface area contributed by atoms with E-state index in [1.54, 1.807) is 6.07 Å². The van der Waals surface area contributed by atoms with Gasteiger partial charge >= 0.3 is 0 Å². The predicted molar refractivity (Wildman–Crippen MR) is 95.4 cm³/mol. The molecule has 2 aromatic carbocycles. The number of rotatable bonds is 3. The second-order valence-electron chi connectivity index (χ2n) is 6.11. The molecule has 0 saturated heterocycles. The zero-order valence-corrected chi connectivity index (χ0v) is 15.1. The molecule has 6 heteroatoms. The van der Waals surface area contributed by atoms with E-state index in [4.69, 9.17) is 0 Å². The monoisotopic (exact) mass is 376 g/mol. The van der Waals surface area contributed by atoms with E-state index in [9.17, 15) is 23.1 Å². The Bertz CT molecular complexity index is 1010. The zero-order chi connectivity index (χ0) is 19.2. The third kappa shape index (κ3) is 3.01. The Balaban J connectivity index is 2.02. The first-order chi connectivity index (χ1) is 12.2. The lowest BCUT2D eigenvalue weighted by atomic mass is 10.00. The fraction of sp³-hybridized carbons (Fsp3) is 0.150. The van der Waals surface area contributed by atoms with E-state index in [0.717, 1.165) is 32.9 Å². The normalized spacial score (nSPS) is 11.0.